The van der Waals surface area contributed by atoms with Crippen LogP contribution in [0.1, 0.15) is 19.4 Å². The van der Waals surface area contributed by atoms with Crippen molar-refractivity contribution in [1.29, 1.82) is 0 Å². The van der Waals surface area contributed by atoms with E-state index in [2.05, 4.69) is 60.4 Å². The van der Waals surface area contributed by atoms with Crippen molar-refractivity contribution in [2.45, 2.75) is 20.4 Å². The van der Waals surface area contributed by atoms with Gasteiger partial charge in [0.25, 0.3) is 0 Å². The Kier molecular flexibility index (Phi) is 5.50. The second kappa shape index (κ2) is 7.36. The lowest BCUT2D eigenvalue weighted by Crippen LogP contribution is -2.30. The van der Waals surface area contributed by atoms with Crippen LogP contribution in [0.5, 0.6) is 0 Å². The molecule has 0 saturated heterocycles. The standard InChI is InChI=1S/C17H25N3/c1-14(2)12-18-10-11-20(3)13-15-6-4-8-17-16(15)7-5-9-19-17/h4-9,14,18H,10-13H2,1-3H3. The van der Waals surface area contributed by atoms with Crippen molar-refractivity contribution < 1.29 is 0 Å². The molecule has 0 saturated carbocycles. The predicted octanol–water partition coefficient (Wildman–Crippen LogP) is 2.91. The van der Waals surface area contributed by atoms with Gasteiger partial charge in [-0.2, -0.15) is 0 Å². The summed E-state index contributed by atoms with van der Waals surface area (Å²) in [7, 11) is 2.17. The van der Waals surface area contributed by atoms with Crippen LogP contribution in [0.2, 0.25) is 0 Å². The Morgan fingerprint density at radius 1 is 1.20 bits per heavy atom. The summed E-state index contributed by atoms with van der Waals surface area (Å²) in [6.07, 6.45) is 1.85. The maximum atomic E-state index is 4.41. The molecule has 0 fully saturated rings. The average Bonchev–Trinajstić information content (AvgIpc) is 2.44. The highest BCUT2D eigenvalue weighted by Crippen LogP contribution is 2.17. The normalized spacial score (nSPS) is 11.7. The summed E-state index contributed by atoms with van der Waals surface area (Å²) in [6.45, 7) is 8.62. The molecule has 0 bridgehead atoms. The van der Waals surface area contributed by atoms with Gasteiger partial charge in [-0.3, -0.25) is 4.98 Å². The molecule has 0 spiro atoms. The summed E-state index contributed by atoms with van der Waals surface area (Å²) in [6, 6.07) is 10.5. The van der Waals surface area contributed by atoms with Crippen molar-refractivity contribution in [3.63, 3.8) is 0 Å². The maximum Gasteiger partial charge on any atom is 0.0705 e. The van der Waals surface area contributed by atoms with E-state index in [4.69, 9.17) is 0 Å². The largest absolute Gasteiger partial charge is 0.315 e. The van der Waals surface area contributed by atoms with Crippen LogP contribution in [0.25, 0.3) is 10.9 Å². The first-order valence-corrected chi connectivity index (χ1v) is 7.38. The van der Waals surface area contributed by atoms with E-state index >= 15 is 0 Å². The highest BCUT2D eigenvalue weighted by Gasteiger charge is 2.04. The van der Waals surface area contributed by atoms with Crippen LogP contribution in [0.15, 0.2) is 36.5 Å². The van der Waals surface area contributed by atoms with Crippen LogP contribution in [-0.4, -0.2) is 36.6 Å². The van der Waals surface area contributed by atoms with Gasteiger partial charge < -0.3 is 10.2 Å². The predicted molar refractivity (Wildman–Crippen MR) is 85.8 cm³/mol. The Morgan fingerprint density at radius 3 is 2.85 bits per heavy atom. The SMILES string of the molecule is CC(C)CNCCN(C)Cc1cccc2ncccc12. The van der Waals surface area contributed by atoms with Gasteiger partial charge in [-0.05, 0) is 37.2 Å². The van der Waals surface area contributed by atoms with Crippen LogP contribution >= 0.6 is 0 Å². The zero-order valence-corrected chi connectivity index (χ0v) is 12.8. The maximum absolute atomic E-state index is 4.41. The van der Waals surface area contributed by atoms with E-state index in [9.17, 15) is 0 Å². The fraction of sp³-hybridized carbons (Fsp3) is 0.471. The van der Waals surface area contributed by atoms with Crippen LogP contribution in [-0.2, 0) is 6.54 Å². The quantitative estimate of drug-likeness (QED) is 0.785. The first-order chi connectivity index (χ1) is 9.66. The summed E-state index contributed by atoms with van der Waals surface area (Å²) in [4.78, 5) is 6.77. The molecule has 2 aromatic rings. The molecule has 0 aliphatic rings. The van der Waals surface area contributed by atoms with Gasteiger partial charge in [0, 0.05) is 31.2 Å². The van der Waals surface area contributed by atoms with Crippen LogP contribution in [0.3, 0.4) is 0 Å². The molecule has 1 aromatic heterocycles. The first kappa shape index (κ1) is 14.9. The lowest BCUT2D eigenvalue weighted by Gasteiger charge is -2.18. The number of pyridine rings is 1. The Morgan fingerprint density at radius 2 is 2.05 bits per heavy atom. The van der Waals surface area contributed by atoms with E-state index in [1.807, 2.05) is 12.3 Å². The second-order valence-corrected chi connectivity index (χ2v) is 5.82. The summed E-state index contributed by atoms with van der Waals surface area (Å²) >= 11 is 0. The van der Waals surface area contributed by atoms with Gasteiger partial charge in [0.2, 0.25) is 0 Å². The van der Waals surface area contributed by atoms with E-state index in [0.717, 1.165) is 31.7 Å². The summed E-state index contributed by atoms with van der Waals surface area (Å²) in [5.74, 6) is 0.712. The molecule has 0 amide bonds. The molecule has 1 heterocycles. The lowest BCUT2D eigenvalue weighted by molar-refractivity contribution is 0.323. The van der Waals surface area contributed by atoms with Gasteiger partial charge in [-0.25, -0.2) is 0 Å². The molecule has 3 heteroatoms. The smallest absolute Gasteiger partial charge is 0.0705 e. The fourth-order valence-corrected chi connectivity index (χ4v) is 2.34. The molecule has 0 aliphatic carbocycles. The summed E-state index contributed by atoms with van der Waals surface area (Å²) < 4.78 is 0. The molecule has 0 aliphatic heterocycles. The van der Waals surface area contributed by atoms with E-state index in [1.165, 1.54) is 10.9 Å². The number of fused-ring (bicyclic) bond motifs is 1. The van der Waals surface area contributed by atoms with Gasteiger partial charge in [0.15, 0.2) is 0 Å². The number of rotatable bonds is 7. The molecule has 108 valence electrons. The van der Waals surface area contributed by atoms with E-state index in [0.29, 0.717) is 5.92 Å². The fourth-order valence-electron chi connectivity index (χ4n) is 2.34. The molecular formula is C17H25N3. The second-order valence-electron chi connectivity index (χ2n) is 5.82. The first-order valence-electron chi connectivity index (χ1n) is 7.38. The van der Waals surface area contributed by atoms with Gasteiger partial charge in [0.1, 0.15) is 0 Å². The van der Waals surface area contributed by atoms with Crippen LogP contribution in [0, 0.1) is 5.92 Å². The molecule has 1 aromatic carbocycles. The number of nitrogens with zero attached hydrogens (tertiary/aromatic N) is 2. The minimum Gasteiger partial charge on any atom is -0.315 e. The number of benzene rings is 1. The van der Waals surface area contributed by atoms with E-state index < -0.39 is 0 Å². The van der Waals surface area contributed by atoms with E-state index in [-0.39, 0.29) is 0 Å². The van der Waals surface area contributed by atoms with E-state index in [1.54, 1.807) is 0 Å². The monoisotopic (exact) mass is 271 g/mol. The number of hydrogen-bond donors (Lipinski definition) is 1. The molecule has 3 nitrogen and oxygen atoms in total. The van der Waals surface area contributed by atoms with Crippen molar-refractivity contribution >= 4 is 10.9 Å². The minimum atomic E-state index is 0.712. The van der Waals surface area contributed by atoms with Crippen molar-refractivity contribution in [1.82, 2.24) is 15.2 Å². The van der Waals surface area contributed by atoms with Crippen LogP contribution < -0.4 is 5.32 Å². The average molecular weight is 271 g/mol. The van der Waals surface area contributed by atoms with Gasteiger partial charge in [-0.1, -0.05) is 32.0 Å². The zero-order chi connectivity index (χ0) is 14.4. The Labute approximate surface area is 122 Å². The van der Waals surface area contributed by atoms with Gasteiger partial charge >= 0.3 is 0 Å². The zero-order valence-electron chi connectivity index (χ0n) is 12.8. The van der Waals surface area contributed by atoms with Gasteiger partial charge in [0.05, 0.1) is 5.52 Å². The number of aromatic nitrogens is 1. The minimum absolute atomic E-state index is 0.712. The highest BCUT2D eigenvalue weighted by atomic mass is 15.1. The number of hydrogen-bond acceptors (Lipinski definition) is 3. The molecule has 0 atom stereocenters. The van der Waals surface area contributed by atoms with Crippen molar-refractivity contribution in [3.05, 3.63) is 42.1 Å². The highest BCUT2D eigenvalue weighted by molar-refractivity contribution is 5.81. The van der Waals surface area contributed by atoms with Gasteiger partial charge in [-0.15, -0.1) is 0 Å². The van der Waals surface area contributed by atoms with Crippen molar-refractivity contribution in [2.75, 3.05) is 26.7 Å². The lowest BCUT2D eigenvalue weighted by atomic mass is 10.1. The third-order valence-corrected chi connectivity index (χ3v) is 3.40. The Balaban J connectivity index is 1.91. The molecule has 0 radical (unpaired) electrons. The molecule has 0 unspecified atom stereocenters. The Bertz CT molecular complexity index is 531. The van der Waals surface area contributed by atoms with Crippen LogP contribution in [0.4, 0.5) is 0 Å². The van der Waals surface area contributed by atoms with Crippen molar-refractivity contribution in [3.8, 4) is 0 Å². The third kappa shape index (κ3) is 4.29. The molecule has 2 rings (SSSR count). The Hall–Kier alpha value is -1.45. The summed E-state index contributed by atoms with van der Waals surface area (Å²) in [5.41, 5.74) is 2.43. The molecular weight excluding hydrogens is 246 g/mol. The molecule has 20 heavy (non-hydrogen) atoms. The third-order valence-electron chi connectivity index (χ3n) is 3.40. The number of nitrogens with one attached hydrogen (secondary N) is 1. The summed E-state index contributed by atoms with van der Waals surface area (Å²) in [5, 5.41) is 4.75. The molecule has 1 N–H and O–H groups in total. The number of likely N-dealkylation sites (N-methyl/N-ethyl adjacent to an activating group) is 1. The topological polar surface area (TPSA) is 28.2 Å². The van der Waals surface area contributed by atoms with Crippen molar-refractivity contribution in [2.24, 2.45) is 5.92 Å².